The predicted molar refractivity (Wildman–Crippen MR) is 136 cm³/mol. The zero-order chi connectivity index (χ0) is 23.7. The van der Waals surface area contributed by atoms with E-state index in [0.29, 0.717) is 13.0 Å². The van der Waals surface area contributed by atoms with Crippen molar-refractivity contribution in [1.82, 2.24) is 10.2 Å². The summed E-state index contributed by atoms with van der Waals surface area (Å²) in [6.07, 6.45) is 0.456. The molecule has 0 spiro atoms. The lowest BCUT2D eigenvalue weighted by atomic mass is 10.0. The van der Waals surface area contributed by atoms with Gasteiger partial charge < -0.3 is 10.2 Å². The van der Waals surface area contributed by atoms with Gasteiger partial charge in [0.2, 0.25) is 11.8 Å². The van der Waals surface area contributed by atoms with Crippen LogP contribution in [0.5, 0.6) is 0 Å². The van der Waals surface area contributed by atoms with Crippen LogP contribution in [0.25, 0.3) is 0 Å². The van der Waals surface area contributed by atoms with Gasteiger partial charge in [-0.1, -0.05) is 78.9 Å². The molecule has 0 aliphatic carbocycles. The maximum absolute atomic E-state index is 13.5. The Hall–Kier alpha value is -3.05. The minimum absolute atomic E-state index is 0.0577. The molecule has 4 nitrogen and oxygen atoms in total. The van der Waals surface area contributed by atoms with Crippen molar-refractivity contribution in [3.63, 3.8) is 0 Å². The van der Waals surface area contributed by atoms with E-state index in [1.165, 1.54) is 11.8 Å². The molecule has 0 saturated heterocycles. The topological polar surface area (TPSA) is 49.4 Å². The fraction of sp³-hybridized carbons (Fsp3) is 0.286. The zero-order valence-corrected chi connectivity index (χ0v) is 20.3. The van der Waals surface area contributed by atoms with Crippen molar-refractivity contribution in [2.45, 2.75) is 50.2 Å². The molecule has 3 aromatic carbocycles. The molecule has 0 aromatic heterocycles. The van der Waals surface area contributed by atoms with Gasteiger partial charge in [0.25, 0.3) is 0 Å². The second-order valence-corrected chi connectivity index (χ2v) is 10.1. The van der Waals surface area contributed by atoms with Gasteiger partial charge in [0.1, 0.15) is 6.04 Å². The summed E-state index contributed by atoms with van der Waals surface area (Å²) in [5, 5.41) is 3.09. The Labute approximate surface area is 201 Å². The lowest BCUT2D eigenvalue weighted by molar-refractivity contribution is -0.140. The Morgan fingerprint density at radius 2 is 1.33 bits per heavy atom. The molecular weight excluding hydrogens is 428 g/mol. The fourth-order valence-corrected chi connectivity index (χ4v) is 4.34. The van der Waals surface area contributed by atoms with Crippen molar-refractivity contribution in [1.29, 1.82) is 0 Å². The van der Waals surface area contributed by atoms with Crippen molar-refractivity contribution in [2.24, 2.45) is 0 Å². The molecule has 0 aliphatic rings. The average Bonchev–Trinajstić information content (AvgIpc) is 2.80. The molecule has 0 aliphatic heterocycles. The Morgan fingerprint density at radius 1 is 0.818 bits per heavy atom. The third-order valence-corrected chi connectivity index (χ3v) is 6.07. The van der Waals surface area contributed by atoms with Gasteiger partial charge >= 0.3 is 0 Å². The first-order valence-electron chi connectivity index (χ1n) is 11.2. The lowest BCUT2D eigenvalue weighted by Gasteiger charge is -2.33. The van der Waals surface area contributed by atoms with E-state index in [0.717, 1.165) is 16.0 Å². The zero-order valence-electron chi connectivity index (χ0n) is 19.5. The average molecular weight is 461 g/mol. The minimum Gasteiger partial charge on any atom is -0.350 e. The van der Waals surface area contributed by atoms with Crippen molar-refractivity contribution in [3.05, 3.63) is 102 Å². The molecule has 33 heavy (non-hydrogen) atoms. The summed E-state index contributed by atoms with van der Waals surface area (Å²) in [5.74, 6) is 0.0725. The number of carbonyl (C=O) groups excluding carboxylic acids is 2. The molecule has 2 amide bonds. The van der Waals surface area contributed by atoms with Gasteiger partial charge in [-0.3, -0.25) is 9.59 Å². The molecule has 0 radical (unpaired) electrons. The number of amides is 2. The summed E-state index contributed by atoms with van der Waals surface area (Å²) in [7, 11) is 0. The SMILES string of the molecule is CC(C)(C)NC(=O)[C@@H](Cc1ccccc1)N(Cc1ccccc1)C(=O)CSc1ccccc1. The molecule has 3 rings (SSSR count). The van der Waals surface area contributed by atoms with Crippen LogP contribution >= 0.6 is 11.8 Å². The predicted octanol–water partition coefficient (Wildman–Crippen LogP) is 5.33. The van der Waals surface area contributed by atoms with Crippen molar-refractivity contribution >= 4 is 23.6 Å². The Bertz CT molecular complexity index is 1020. The highest BCUT2D eigenvalue weighted by Crippen LogP contribution is 2.21. The molecular formula is C28H32N2O2S. The number of nitrogens with zero attached hydrogens (tertiary/aromatic N) is 1. The first-order valence-corrected chi connectivity index (χ1v) is 12.2. The van der Waals surface area contributed by atoms with E-state index in [9.17, 15) is 9.59 Å². The third kappa shape index (κ3) is 8.10. The van der Waals surface area contributed by atoms with Gasteiger partial charge in [0.15, 0.2) is 0 Å². The van der Waals surface area contributed by atoms with E-state index in [2.05, 4.69) is 5.32 Å². The molecule has 5 heteroatoms. The number of rotatable bonds is 9. The maximum atomic E-state index is 13.5. The number of nitrogens with one attached hydrogen (secondary N) is 1. The third-order valence-electron chi connectivity index (χ3n) is 5.07. The number of hydrogen-bond donors (Lipinski definition) is 1. The molecule has 0 heterocycles. The molecule has 0 unspecified atom stereocenters. The largest absolute Gasteiger partial charge is 0.350 e. The van der Waals surface area contributed by atoms with Crippen LogP contribution in [-0.4, -0.2) is 34.0 Å². The lowest BCUT2D eigenvalue weighted by Crippen LogP contribution is -2.54. The summed E-state index contributed by atoms with van der Waals surface area (Å²) in [6.45, 7) is 6.25. The first-order chi connectivity index (χ1) is 15.8. The van der Waals surface area contributed by atoms with Gasteiger partial charge in [0.05, 0.1) is 5.75 Å². The second-order valence-electron chi connectivity index (χ2n) is 9.05. The number of benzene rings is 3. The fourth-order valence-electron chi connectivity index (χ4n) is 3.53. The quantitative estimate of drug-likeness (QED) is 0.439. The van der Waals surface area contributed by atoms with Gasteiger partial charge in [-0.25, -0.2) is 0 Å². The summed E-state index contributed by atoms with van der Waals surface area (Å²) >= 11 is 1.49. The molecule has 0 saturated carbocycles. The molecule has 172 valence electrons. The molecule has 3 aromatic rings. The van der Waals surface area contributed by atoms with Crippen LogP contribution in [0.15, 0.2) is 95.9 Å². The summed E-state index contributed by atoms with van der Waals surface area (Å²) in [6, 6.07) is 29.0. The van der Waals surface area contributed by atoms with Crippen LogP contribution in [0.2, 0.25) is 0 Å². The Kier molecular flexibility index (Phi) is 8.72. The van der Waals surface area contributed by atoms with Crippen LogP contribution in [-0.2, 0) is 22.6 Å². The van der Waals surface area contributed by atoms with Crippen molar-refractivity contribution in [2.75, 3.05) is 5.75 Å². The van der Waals surface area contributed by atoms with E-state index in [4.69, 9.17) is 0 Å². The maximum Gasteiger partial charge on any atom is 0.243 e. The minimum atomic E-state index is -0.615. The van der Waals surface area contributed by atoms with Crippen LogP contribution < -0.4 is 5.32 Å². The first kappa shape index (κ1) is 24.6. The van der Waals surface area contributed by atoms with Gasteiger partial charge in [0, 0.05) is 23.4 Å². The Morgan fingerprint density at radius 3 is 1.88 bits per heavy atom. The molecule has 0 fully saturated rings. The molecule has 0 bridgehead atoms. The van der Waals surface area contributed by atoms with E-state index in [1.54, 1.807) is 4.90 Å². The molecule has 1 atom stereocenters. The molecule has 1 N–H and O–H groups in total. The van der Waals surface area contributed by atoms with Gasteiger partial charge in [-0.15, -0.1) is 11.8 Å². The Balaban J connectivity index is 1.90. The van der Waals surface area contributed by atoms with Crippen LogP contribution in [0.1, 0.15) is 31.9 Å². The van der Waals surface area contributed by atoms with E-state index in [-0.39, 0.29) is 17.6 Å². The van der Waals surface area contributed by atoms with Gasteiger partial charge in [-0.05, 0) is 44.0 Å². The highest BCUT2D eigenvalue weighted by Gasteiger charge is 2.32. The smallest absolute Gasteiger partial charge is 0.243 e. The van der Waals surface area contributed by atoms with Crippen molar-refractivity contribution in [3.8, 4) is 0 Å². The van der Waals surface area contributed by atoms with Gasteiger partial charge in [-0.2, -0.15) is 0 Å². The number of carbonyl (C=O) groups is 2. The summed E-state index contributed by atoms with van der Waals surface area (Å²) < 4.78 is 0. The normalized spacial score (nSPS) is 12.1. The standard InChI is InChI=1S/C28H32N2O2S/c1-28(2,3)29-27(32)25(19-22-13-7-4-8-14-22)30(20-23-15-9-5-10-16-23)26(31)21-33-24-17-11-6-12-18-24/h4-18,25H,19-21H2,1-3H3,(H,29,32)/t25-/m1/s1. The van der Waals surface area contributed by atoms with Crippen LogP contribution in [0.3, 0.4) is 0 Å². The highest BCUT2D eigenvalue weighted by atomic mass is 32.2. The van der Waals surface area contributed by atoms with E-state index >= 15 is 0 Å². The van der Waals surface area contributed by atoms with Crippen LogP contribution in [0.4, 0.5) is 0 Å². The van der Waals surface area contributed by atoms with Crippen molar-refractivity contribution < 1.29 is 9.59 Å². The monoisotopic (exact) mass is 460 g/mol. The summed E-state index contributed by atoms with van der Waals surface area (Å²) in [5.41, 5.74) is 1.62. The summed E-state index contributed by atoms with van der Waals surface area (Å²) in [4.78, 5) is 29.8. The van der Waals surface area contributed by atoms with E-state index < -0.39 is 11.6 Å². The number of thioether (sulfide) groups is 1. The van der Waals surface area contributed by atoms with Crippen LogP contribution in [0, 0.1) is 0 Å². The highest BCUT2D eigenvalue weighted by molar-refractivity contribution is 8.00. The number of hydrogen-bond acceptors (Lipinski definition) is 3. The second kappa shape index (κ2) is 11.7. The van der Waals surface area contributed by atoms with E-state index in [1.807, 2.05) is 112 Å².